The molecule has 0 saturated carbocycles. The third-order valence-corrected chi connectivity index (χ3v) is 4.22. The fourth-order valence-corrected chi connectivity index (χ4v) is 3.03. The number of aliphatic hydroxyl groups is 1. The quantitative estimate of drug-likeness (QED) is 0.704. The molecule has 1 aliphatic carbocycles. The maximum atomic E-state index is 10.0. The van der Waals surface area contributed by atoms with Crippen LogP contribution in [-0.4, -0.2) is 11.2 Å². The zero-order chi connectivity index (χ0) is 13.2. The van der Waals surface area contributed by atoms with Crippen LogP contribution >= 0.6 is 0 Å². The third kappa shape index (κ3) is 3.45. The van der Waals surface area contributed by atoms with Gasteiger partial charge >= 0.3 is 0 Å². The Balaban J connectivity index is 2.72. The molecule has 0 aromatic carbocycles. The van der Waals surface area contributed by atoms with Gasteiger partial charge in [0.25, 0.3) is 0 Å². The lowest BCUT2D eigenvalue weighted by Gasteiger charge is -2.25. The van der Waals surface area contributed by atoms with Crippen LogP contribution in [0.2, 0.25) is 0 Å². The fraction of sp³-hybridized carbons (Fsp3) is 0.750. The van der Waals surface area contributed by atoms with Gasteiger partial charge in [0.15, 0.2) is 0 Å². The van der Waals surface area contributed by atoms with Crippen molar-refractivity contribution in [2.24, 2.45) is 17.8 Å². The van der Waals surface area contributed by atoms with Gasteiger partial charge in [-0.3, -0.25) is 0 Å². The molecule has 1 heteroatoms. The van der Waals surface area contributed by atoms with Gasteiger partial charge < -0.3 is 5.11 Å². The summed E-state index contributed by atoms with van der Waals surface area (Å²) >= 11 is 0. The highest BCUT2D eigenvalue weighted by molar-refractivity contribution is 5.23. The van der Waals surface area contributed by atoms with Crippen LogP contribution in [0.15, 0.2) is 23.3 Å². The Morgan fingerprint density at radius 3 is 2.47 bits per heavy atom. The van der Waals surface area contributed by atoms with Crippen molar-refractivity contribution in [3.05, 3.63) is 23.3 Å². The van der Waals surface area contributed by atoms with Crippen molar-refractivity contribution in [1.29, 1.82) is 0 Å². The topological polar surface area (TPSA) is 20.2 Å². The molecule has 1 aliphatic rings. The average Bonchev–Trinajstić information content (AvgIpc) is 2.59. The fourth-order valence-electron chi connectivity index (χ4n) is 3.03. The van der Waals surface area contributed by atoms with Gasteiger partial charge in [0.2, 0.25) is 0 Å². The minimum Gasteiger partial charge on any atom is -0.388 e. The Labute approximate surface area is 107 Å². The highest BCUT2D eigenvalue weighted by atomic mass is 16.3. The molecule has 0 amide bonds. The highest BCUT2D eigenvalue weighted by Crippen LogP contribution is 2.40. The van der Waals surface area contributed by atoms with E-state index in [2.05, 4.69) is 34.3 Å². The van der Waals surface area contributed by atoms with Crippen molar-refractivity contribution < 1.29 is 5.11 Å². The second-order valence-corrected chi connectivity index (χ2v) is 6.17. The Hall–Kier alpha value is -0.560. The summed E-state index contributed by atoms with van der Waals surface area (Å²) in [5.74, 6) is 1.74. The van der Waals surface area contributed by atoms with E-state index in [0.717, 1.165) is 23.8 Å². The predicted octanol–water partition coefficient (Wildman–Crippen LogP) is 4.33. The normalized spacial score (nSPS) is 24.3. The summed E-state index contributed by atoms with van der Waals surface area (Å²) in [6.07, 6.45) is 3.22. The first-order valence-electron chi connectivity index (χ1n) is 6.86. The average molecular weight is 236 g/mol. The molecule has 0 spiro atoms. The standard InChI is InChI=1S/C16H28O/c1-10(2)14-8-7-12(5)15(14)9-13(6)16(17)11(3)4/h10,13-14,16-17H,3,7-9H2,1-2,4-6H3. The van der Waals surface area contributed by atoms with E-state index in [1.165, 1.54) is 12.8 Å². The second kappa shape index (κ2) is 5.86. The van der Waals surface area contributed by atoms with E-state index in [1.54, 1.807) is 11.1 Å². The first-order chi connectivity index (χ1) is 7.84. The van der Waals surface area contributed by atoms with Crippen LogP contribution in [0.4, 0.5) is 0 Å². The van der Waals surface area contributed by atoms with Gasteiger partial charge in [-0.05, 0) is 50.9 Å². The van der Waals surface area contributed by atoms with Gasteiger partial charge in [-0.1, -0.05) is 44.1 Å². The molecule has 0 fully saturated rings. The van der Waals surface area contributed by atoms with E-state index in [-0.39, 0.29) is 12.0 Å². The summed E-state index contributed by atoms with van der Waals surface area (Å²) in [7, 11) is 0. The number of hydrogen-bond acceptors (Lipinski definition) is 1. The maximum absolute atomic E-state index is 10.0. The van der Waals surface area contributed by atoms with E-state index in [9.17, 15) is 5.11 Å². The van der Waals surface area contributed by atoms with Crippen LogP contribution in [0.25, 0.3) is 0 Å². The number of rotatable bonds is 5. The zero-order valence-corrected chi connectivity index (χ0v) is 12.1. The van der Waals surface area contributed by atoms with Crippen molar-refractivity contribution in [2.75, 3.05) is 0 Å². The smallest absolute Gasteiger partial charge is 0.0773 e. The molecule has 0 radical (unpaired) electrons. The second-order valence-electron chi connectivity index (χ2n) is 6.17. The van der Waals surface area contributed by atoms with Gasteiger partial charge in [-0.25, -0.2) is 0 Å². The van der Waals surface area contributed by atoms with Crippen molar-refractivity contribution >= 4 is 0 Å². The molecule has 1 N–H and O–H groups in total. The minimum atomic E-state index is -0.358. The summed E-state index contributed by atoms with van der Waals surface area (Å²) in [4.78, 5) is 0. The predicted molar refractivity (Wildman–Crippen MR) is 74.9 cm³/mol. The van der Waals surface area contributed by atoms with E-state index in [4.69, 9.17) is 0 Å². The molecule has 0 aromatic rings. The van der Waals surface area contributed by atoms with Crippen LogP contribution in [0.5, 0.6) is 0 Å². The summed E-state index contributed by atoms with van der Waals surface area (Å²) in [6, 6.07) is 0. The Bertz CT molecular complexity index is 311. The van der Waals surface area contributed by atoms with Gasteiger partial charge in [-0.2, -0.15) is 0 Å². The van der Waals surface area contributed by atoms with Crippen LogP contribution in [-0.2, 0) is 0 Å². The third-order valence-electron chi connectivity index (χ3n) is 4.22. The molecule has 17 heavy (non-hydrogen) atoms. The van der Waals surface area contributed by atoms with Gasteiger partial charge in [0.05, 0.1) is 6.10 Å². The Morgan fingerprint density at radius 1 is 1.41 bits per heavy atom. The number of hydrogen-bond donors (Lipinski definition) is 1. The summed E-state index contributed by atoms with van der Waals surface area (Å²) in [5, 5.41) is 10.0. The van der Waals surface area contributed by atoms with Gasteiger partial charge in [0.1, 0.15) is 0 Å². The molecular formula is C16H28O. The van der Waals surface area contributed by atoms with E-state index < -0.39 is 0 Å². The van der Waals surface area contributed by atoms with Crippen molar-refractivity contribution in [3.63, 3.8) is 0 Å². The SMILES string of the molecule is C=C(C)C(O)C(C)CC1=C(C)CCC1C(C)C. The molecule has 3 atom stereocenters. The molecule has 0 bridgehead atoms. The summed E-state index contributed by atoms with van der Waals surface area (Å²) in [5.41, 5.74) is 4.05. The summed E-state index contributed by atoms with van der Waals surface area (Å²) in [6.45, 7) is 14.8. The molecule has 0 aromatic heterocycles. The van der Waals surface area contributed by atoms with Gasteiger partial charge in [-0.15, -0.1) is 0 Å². The molecule has 0 heterocycles. The molecular weight excluding hydrogens is 208 g/mol. The van der Waals surface area contributed by atoms with Crippen LogP contribution in [0.1, 0.15) is 53.9 Å². The number of allylic oxidation sites excluding steroid dienone is 2. The number of aliphatic hydroxyl groups excluding tert-OH is 1. The molecule has 1 nitrogen and oxygen atoms in total. The zero-order valence-electron chi connectivity index (χ0n) is 12.1. The van der Waals surface area contributed by atoms with Crippen molar-refractivity contribution in [3.8, 4) is 0 Å². The first kappa shape index (κ1) is 14.5. The van der Waals surface area contributed by atoms with Crippen LogP contribution in [0, 0.1) is 17.8 Å². The molecule has 3 unspecified atom stereocenters. The van der Waals surface area contributed by atoms with Crippen molar-refractivity contribution in [2.45, 2.75) is 60.0 Å². The molecule has 0 saturated heterocycles. The highest BCUT2D eigenvalue weighted by Gasteiger charge is 2.28. The summed E-state index contributed by atoms with van der Waals surface area (Å²) < 4.78 is 0. The lowest BCUT2D eigenvalue weighted by molar-refractivity contribution is 0.149. The minimum absolute atomic E-state index is 0.289. The van der Waals surface area contributed by atoms with E-state index in [1.807, 2.05) is 6.92 Å². The van der Waals surface area contributed by atoms with Crippen molar-refractivity contribution in [1.82, 2.24) is 0 Å². The van der Waals surface area contributed by atoms with E-state index in [0.29, 0.717) is 0 Å². The first-order valence-corrected chi connectivity index (χ1v) is 6.86. The van der Waals surface area contributed by atoms with E-state index >= 15 is 0 Å². The van der Waals surface area contributed by atoms with Crippen LogP contribution in [0.3, 0.4) is 0 Å². The Kier molecular flexibility index (Phi) is 5.00. The van der Waals surface area contributed by atoms with Crippen LogP contribution < -0.4 is 0 Å². The lowest BCUT2D eigenvalue weighted by atomic mass is 9.82. The molecule has 0 aliphatic heterocycles. The molecule has 1 rings (SSSR count). The molecule has 98 valence electrons. The van der Waals surface area contributed by atoms with Gasteiger partial charge in [0, 0.05) is 0 Å². The monoisotopic (exact) mass is 236 g/mol. The lowest BCUT2D eigenvalue weighted by Crippen LogP contribution is -2.21. The maximum Gasteiger partial charge on any atom is 0.0773 e. The largest absolute Gasteiger partial charge is 0.388 e. The Morgan fingerprint density at radius 2 is 2.00 bits per heavy atom.